The summed E-state index contributed by atoms with van der Waals surface area (Å²) in [5.41, 5.74) is 4.02. The largest absolute Gasteiger partial charge is 0.309 e. The highest BCUT2D eigenvalue weighted by Gasteiger charge is 2.05. The zero-order valence-electron chi connectivity index (χ0n) is 13.0. The number of benzene rings is 1. The van der Waals surface area contributed by atoms with Crippen molar-refractivity contribution in [1.29, 1.82) is 0 Å². The van der Waals surface area contributed by atoms with Gasteiger partial charge in [-0.05, 0) is 35.8 Å². The third-order valence-electron chi connectivity index (χ3n) is 3.77. The Morgan fingerprint density at radius 2 is 1.71 bits per heavy atom. The van der Waals surface area contributed by atoms with Crippen LogP contribution in [0.5, 0.6) is 0 Å². The first-order valence-electron chi connectivity index (χ1n) is 7.72. The van der Waals surface area contributed by atoms with Crippen molar-refractivity contribution in [2.24, 2.45) is 0 Å². The summed E-state index contributed by atoms with van der Waals surface area (Å²) in [7, 11) is 0. The summed E-state index contributed by atoms with van der Waals surface area (Å²) in [4.78, 5) is 6.59. The van der Waals surface area contributed by atoms with E-state index in [1.54, 1.807) is 0 Å². The van der Waals surface area contributed by atoms with Crippen LogP contribution in [0.1, 0.15) is 30.5 Å². The molecule has 0 aliphatic heterocycles. The molecule has 3 nitrogen and oxygen atoms in total. The molecule has 0 spiro atoms. The van der Waals surface area contributed by atoms with Crippen molar-refractivity contribution >= 4 is 0 Å². The lowest BCUT2D eigenvalue weighted by Crippen LogP contribution is -2.23. The van der Waals surface area contributed by atoms with Gasteiger partial charge in [0, 0.05) is 32.0 Å². The van der Waals surface area contributed by atoms with Crippen LogP contribution in [0.4, 0.5) is 0 Å². The van der Waals surface area contributed by atoms with Crippen LogP contribution in [-0.4, -0.2) is 23.0 Å². The number of rotatable bonds is 8. The van der Waals surface area contributed by atoms with Gasteiger partial charge in [0.05, 0.1) is 0 Å². The van der Waals surface area contributed by atoms with Crippen LogP contribution in [0.3, 0.4) is 0 Å². The Morgan fingerprint density at radius 1 is 0.952 bits per heavy atom. The van der Waals surface area contributed by atoms with Gasteiger partial charge in [0.1, 0.15) is 0 Å². The van der Waals surface area contributed by atoms with Crippen molar-refractivity contribution in [3.05, 3.63) is 65.5 Å². The van der Waals surface area contributed by atoms with Crippen LogP contribution in [-0.2, 0) is 19.6 Å². The molecular weight excluding hydrogens is 258 g/mol. The fourth-order valence-corrected chi connectivity index (χ4v) is 2.42. The van der Waals surface area contributed by atoms with Crippen LogP contribution >= 0.6 is 0 Å². The van der Waals surface area contributed by atoms with E-state index in [9.17, 15) is 0 Å². The number of nitrogens with one attached hydrogen (secondary N) is 1. The van der Waals surface area contributed by atoms with E-state index in [1.165, 1.54) is 16.7 Å². The number of nitrogens with zero attached hydrogens (tertiary/aromatic N) is 2. The fourth-order valence-electron chi connectivity index (χ4n) is 2.42. The van der Waals surface area contributed by atoms with Gasteiger partial charge in [0.25, 0.3) is 0 Å². The first-order chi connectivity index (χ1) is 10.3. The number of hydrogen-bond acceptors (Lipinski definition) is 3. The fraction of sp³-hybridized carbons (Fsp3) is 0.389. The lowest BCUT2D eigenvalue weighted by atomic mass is 10.1. The Balaban J connectivity index is 1.93. The van der Waals surface area contributed by atoms with Gasteiger partial charge in [-0.2, -0.15) is 0 Å². The molecule has 112 valence electrons. The molecule has 2 aromatic rings. The van der Waals surface area contributed by atoms with Crippen LogP contribution in [0, 0.1) is 0 Å². The monoisotopic (exact) mass is 283 g/mol. The number of aromatic nitrogens is 1. The molecule has 0 saturated carbocycles. The lowest BCUT2D eigenvalue weighted by molar-refractivity contribution is 0.294. The van der Waals surface area contributed by atoms with Crippen molar-refractivity contribution < 1.29 is 0 Å². The van der Waals surface area contributed by atoms with Crippen molar-refractivity contribution in [3.8, 4) is 0 Å². The standard InChI is InChI=1S/C18H25N3/c1-3-21(4-2)15-18-10-6-5-9-17(18)14-20-13-16-8-7-11-19-12-16/h5-12,20H,3-4,13-15H2,1-2H3. The van der Waals surface area contributed by atoms with Gasteiger partial charge in [-0.25, -0.2) is 0 Å². The molecule has 1 N–H and O–H groups in total. The first kappa shape index (κ1) is 15.7. The second-order valence-corrected chi connectivity index (χ2v) is 5.19. The molecule has 21 heavy (non-hydrogen) atoms. The highest BCUT2D eigenvalue weighted by molar-refractivity contribution is 5.27. The van der Waals surface area contributed by atoms with Gasteiger partial charge in [-0.15, -0.1) is 0 Å². The molecule has 0 unspecified atom stereocenters. The van der Waals surface area contributed by atoms with E-state index >= 15 is 0 Å². The molecule has 2 rings (SSSR count). The van der Waals surface area contributed by atoms with E-state index in [4.69, 9.17) is 0 Å². The summed E-state index contributed by atoms with van der Waals surface area (Å²) in [6.45, 7) is 9.39. The Morgan fingerprint density at radius 3 is 2.38 bits per heavy atom. The van der Waals surface area contributed by atoms with Gasteiger partial charge in [-0.1, -0.05) is 44.2 Å². The van der Waals surface area contributed by atoms with Gasteiger partial charge in [0.2, 0.25) is 0 Å². The summed E-state index contributed by atoms with van der Waals surface area (Å²) in [6.07, 6.45) is 3.72. The molecule has 3 heteroatoms. The highest BCUT2D eigenvalue weighted by Crippen LogP contribution is 2.12. The van der Waals surface area contributed by atoms with E-state index in [1.807, 2.05) is 18.5 Å². The average Bonchev–Trinajstić information content (AvgIpc) is 2.55. The molecule has 1 aromatic heterocycles. The molecule has 0 radical (unpaired) electrons. The predicted octanol–water partition coefficient (Wildman–Crippen LogP) is 3.21. The van der Waals surface area contributed by atoms with E-state index < -0.39 is 0 Å². The smallest absolute Gasteiger partial charge is 0.0312 e. The minimum atomic E-state index is 0.855. The van der Waals surface area contributed by atoms with Crippen LogP contribution in [0.25, 0.3) is 0 Å². The van der Waals surface area contributed by atoms with Gasteiger partial charge in [0.15, 0.2) is 0 Å². The maximum Gasteiger partial charge on any atom is 0.0312 e. The van der Waals surface area contributed by atoms with Crippen molar-refractivity contribution in [2.45, 2.75) is 33.5 Å². The van der Waals surface area contributed by atoms with E-state index in [-0.39, 0.29) is 0 Å². The summed E-state index contributed by atoms with van der Waals surface area (Å²) in [5.74, 6) is 0. The zero-order valence-corrected chi connectivity index (χ0v) is 13.0. The van der Waals surface area contributed by atoms with E-state index in [0.29, 0.717) is 0 Å². The molecule has 0 bridgehead atoms. The summed E-state index contributed by atoms with van der Waals surface area (Å²) < 4.78 is 0. The maximum absolute atomic E-state index is 4.14. The highest BCUT2D eigenvalue weighted by atomic mass is 15.1. The molecular formula is C18H25N3. The quantitative estimate of drug-likeness (QED) is 0.806. The summed E-state index contributed by atoms with van der Waals surface area (Å²) in [6, 6.07) is 12.8. The third-order valence-corrected chi connectivity index (χ3v) is 3.77. The number of pyridine rings is 1. The molecule has 0 saturated heterocycles. The first-order valence-corrected chi connectivity index (χ1v) is 7.72. The number of hydrogen-bond donors (Lipinski definition) is 1. The topological polar surface area (TPSA) is 28.2 Å². The maximum atomic E-state index is 4.14. The molecule has 0 fully saturated rings. The summed E-state index contributed by atoms with van der Waals surface area (Å²) >= 11 is 0. The Labute approximate surface area is 128 Å². The van der Waals surface area contributed by atoms with Crippen molar-refractivity contribution in [2.75, 3.05) is 13.1 Å². The Bertz CT molecular complexity index is 521. The lowest BCUT2D eigenvalue weighted by Gasteiger charge is -2.20. The molecule has 1 heterocycles. The normalized spacial score (nSPS) is 11.0. The predicted molar refractivity (Wildman–Crippen MR) is 87.8 cm³/mol. The second-order valence-electron chi connectivity index (χ2n) is 5.19. The third kappa shape index (κ3) is 4.96. The van der Waals surface area contributed by atoms with Crippen LogP contribution in [0.15, 0.2) is 48.8 Å². The minimum absolute atomic E-state index is 0.855. The van der Waals surface area contributed by atoms with Crippen LogP contribution in [0.2, 0.25) is 0 Å². The molecule has 0 atom stereocenters. The minimum Gasteiger partial charge on any atom is -0.309 e. The van der Waals surface area contributed by atoms with Crippen LogP contribution < -0.4 is 5.32 Å². The SMILES string of the molecule is CCN(CC)Cc1ccccc1CNCc1cccnc1. The average molecular weight is 283 g/mol. The molecule has 0 aliphatic rings. The van der Waals surface area contributed by atoms with Gasteiger partial charge in [-0.3, -0.25) is 9.88 Å². The van der Waals surface area contributed by atoms with Crippen molar-refractivity contribution in [1.82, 2.24) is 15.2 Å². The van der Waals surface area contributed by atoms with Gasteiger partial charge < -0.3 is 5.32 Å². The molecule has 0 aliphatic carbocycles. The van der Waals surface area contributed by atoms with E-state index in [0.717, 1.165) is 32.7 Å². The Hall–Kier alpha value is -1.71. The molecule has 0 amide bonds. The zero-order chi connectivity index (χ0) is 14.9. The second kappa shape index (κ2) is 8.55. The van der Waals surface area contributed by atoms with E-state index in [2.05, 4.69) is 59.4 Å². The Kier molecular flexibility index (Phi) is 6.38. The van der Waals surface area contributed by atoms with Crippen molar-refractivity contribution in [3.63, 3.8) is 0 Å². The van der Waals surface area contributed by atoms with Gasteiger partial charge >= 0.3 is 0 Å². The summed E-state index contributed by atoms with van der Waals surface area (Å²) in [5, 5.41) is 3.51. The molecule has 1 aromatic carbocycles.